The Morgan fingerprint density at radius 3 is 2.55 bits per heavy atom. The number of hydrogen-bond donors (Lipinski definition) is 4. The number of hydrogen-bond acceptors (Lipinski definition) is 12. The zero-order valence-corrected chi connectivity index (χ0v) is 33.5. The zero-order valence-electron chi connectivity index (χ0n) is 32.7. The molecule has 0 unspecified atom stereocenters. The standard InChI is InChI=1S/C42H46F2N10O3S/c1-4-52(3)58-51-33-12-10-31(43)39(30(33)20-45)57-27-9-11-34-36(15-27)49-37(21-48-34)25-18-42(19-25)22-53(23-42)26-7-5-24(6-8-26)28-17-35(47-2)29(16-32(28)44)40(46)54-14-13-38(55)50-41(54)56/h9-12,15-17,21,24-26,46-47,51H,4-8,13-14,18-19,22-23H2,1-3H3,(H,50,55,56). The lowest BCUT2D eigenvalue weighted by Crippen LogP contribution is -2.64. The maximum atomic E-state index is 15.7. The van der Waals surface area contributed by atoms with Gasteiger partial charge >= 0.3 is 6.03 Å². The molecule has 3 aromatic carbocycles. The number of anilines is 2. The number of carbonyl (C=O) groups is 2. The van der Waals surface area contributed by atoms with Gasteiger partial charge in [-0.15, -0.1) is 0 Å². The molecule has 3 heterocycles. The first-order valence-corrected chi connectivity index (χ1v) is 20.5. The number of nitrogens with one attached hydrogen (secondary N) is 4. The highest BCUT2D eigenvalue weighted by Gasteiger charge is 2.54. The summed E-state index contributed by atoms with van der Waals surface area (Å²) in [7, 11) is 3.63. The first kappa shape index (κ1) is 39.5. The Hall–Kier alpha value is -5.37. The average molecular weight is 809 g/mol. The number of imide groups is 1. The van der Waals surface area contributed by atoms with Crippen LogP contribution in [0, 0.1) is 33.8 Å². The maximum Gasteiger partial charge on any atom is 0.329 e. The molecule has 1 aromatic heterocycles. The summed E-state index contributed by atoms with van der Waals surface area (Å²) in [5, 5.41) is 23.8. The molecule has 1 spiro atoms. The van der Waals surface area contributed by atoms with Crippen LogP contribution in [0.5, 0.6) is 11.5 Å². The summed E-state index contributed by atoms with van der Waals surface area (Å²) in [5.74, 6) is -0.961. The predicted molar refractivity (Wildman–Crippen MR) is 219 cm³/mol. The zero-order chi connectivity index (χ0) is 40.7. The summed E-state index contributed by atoms with van der Waals surface area (Å²) in [6.45, 7) is 4.94. The van der Waals surface area contributed by atoms with E-state index in [9.17, 15) is 14.9 Å². The van der Waals surface area contributed by atoms with E-state index in [1.165, 1.54) is 30.3 Å². The third kappa shape index (κ3) is 7.66. The van der Waals surface area contributed by atoms with Crippen molar-refractivity contribution in [3.8, 4) is 17.6 Å². The molecule has 4 aromatic rings. The molecule has 0 bridgehead atoms. The van der Waals surface area contributed by atoms with Crippen LogP contribution in [0.1, 0.15) is 86.1 Å². The number of benzene rings is 3. The molecule has 4 aliphatic rings. The van der Waals surface area contributed by atoms with Gasteiger partial charge in [0, 0.05) is 87.3 Å². The Balaban J connectivity index is 0.858. The van der Waals surface area contributed by atoms with Gasteiger partial charge in [0.25, 0.3) is 0 Å². The van der Waals surface area contributed by atoms with Gasteiger partial charge < -0.3 is 14.8 Å². The van der Waals surface area contributed by atoms with Gasteiger partial charge in [0.1, 0.15) is 29.0 Å². The fourth-order valence-corrected chi connectivity index (χ4v) is 9.49. The first-order valence-electron chi connectivity index (χ1n) is 19.7. The van der Waals surface area contributed by atoms with Crippen molar-refractivity contribution in [2.24, 2.45) is 5.41 Å². The summed E-state index contributed by atoms with van der Waals surface area (Å²) >= 11 is 1.31. The molecule has 0 radical (unpaired) electrons. The number of carbonyl (C=O) groups excluding carboxylic acids is 2. The fraction of sp³-hybridized carbons (Fsp3) is 0.429. The molecule has 302 valence electrons. The van der Waals surface area contributed by atoms with Crippen molar-refractivity contribution in [1.29, 1.82) is 10.7 Å². The molecule has 3 amide bonds. The monoisotopic (exact) mass is 808 g/mol. The van der Waals surface area contributed by atoms with E-state index in [0.717, 1.165) is 68.8 Å². The minimum atomic E-state index is -0.669. The Kier molecular flexibility index (Phi) is 11.0. The molecular weight excluding hydrogens is 763 g/mol. The molecule has 2 saturated carbocycles. The molecule has 0 atom stereocenters. The Morgan fingerprint density at radius 2 is 1.84 bits per heavy atom. The van der Waals surface area contributed by atoms with Crippen LogP contribution in [0.25, 0.3) is 11.0 Å². The number of rotatable bonds is 11. The quantitative estimate of drug-likeness (QED) is 0.0667. The van der Waals surface area contributed by atoms with Crippen LogP contribution in [-0.4, -0.2) is 88.2 Å². The molecule has 16 heteroatoms. The molecule has 4 N–H and O–H groups in total. The normalized spacial score (nSPS) is 20.7. The lowest BCUT2D eigenvalue weighted by molar-refractivity contribution is -0.121. The SMILES string of the molecule is CCN(C)SNc1ccc(F)c(Oc2ccc3ncc(C4CC5(C4)CN(C4CCC(c6cc(NC)c(C(=N)N7CCC(=O)NC7=O)cc6F)CC4)C5)nc3c2)c1C#N. The van der Waals surface area contributed by atoms with Gasteiger partial charge in [-0.25, -0.2) is 22.9 Å². The largest absolute Gasteiger partial charge is 0.453 e. The summed E-state index contributed by atoms with van der Waals surface area (Å²) in [4.78, 5) is 37.3. The van der Waals surface area contributed by atoms with Crippen LogP contribution in [-0.2, 0) is 4.79 Å². The second-order valence-electron chi connectivity index (χ2n) is 15.9. The maximum absolute atomic E-state index is 15.7. The van der Waals surface area contributed by atoms with Gasteiger partial charge in [-0.2, -0.15) is 5.26 Å². The molecule has 2 aliphatic carbocycles. The molecule has 4 fully saturated rings. The molecular formula is C42H46F2N10O3S. The topological polar surface area (TPSA) is 163 Å². The number of fused-ring (bicyclic) bond motifs is 1. The van der Waals surface area contributed by atoms with Gasteiger partial charge in [0.2, 0.25) is 5.91 Å². The number of halogens is 2. The number of ether oxygens (including phenoxy) is 1. The van der Waals surface area contributed by atoms with Crippen LogP contribution in [0.15, 0.2) is 48.7 Å². The molecule has 13 nitrogen and oxygen atoms in total. The van der Waals surface area contributed by atoms with Crippen molar-refractivity contribution < 1.29 is 23.1 Å². The van der Waals surface area contributed by atoms with Crippen LogP contribution >= 0.6 is 12.1 Å². The summed E-state index contributed by atoms with van der Waals surface area (Å²) in [5.41, 5.74) is 4.58. The molecule has 8 rings (SSSR count). The molecule has 58 heavy (non-hydrogen) atoms. The number of nitriles is 1. The summed E-state index contributed by atoms with van der Waals surface area (Å²) in [6.07, 6.45) is 7.70. The van der Waals surface area contributed by atoms with E-state index in [0.29, 0.717) is 45.7 Å². The van der Waals surface area contributed by atoms with Crippen molar-refractivity contribution in [1.82, 2.24) is 29.4 Å². The van der Waals surface area contributed by atoms with Crippen molar-refractivity contribution >= 4 is 52.3 Å². The Labute approximate surface area is 340 Å². The smallest absolute Gasteiger partial charge is 0.329 e. The van der Waals surface area contributed by atoms with E-state index in [4.69, 9.17) is 15.1 Å². The van der Waals surface area contributed by atoms with Crippen LogP contribution in [0.2, 0.25) is 0 Å². The third-order valence-corrected chi connectivity index (χ3v) is 13.1. The number of amides is 3. The van der Waals surface area contributed by atoms with Crippen molar-refractivity contribution in [3.05, 3.63) is 82.7 Å². The van der Waals surface area contributed by atoms with E-state index in [1.54, 1.807) is 31.3 Å². The second kappa shape index (κ2) is 16.1. The van der Waals surface area contributed by atoms with Gasteiger partial charge in [0.15, 0.2) is 11.6 Å². The highest BCUT2D eigenvalue weighted by atomic mass is 32.2. The lowest BCUT2D eigenvalue weighted by Gasteiger charge is -2.61. The van der Waals surface area contributed by atoms with E-state index in [-0.39, 0.29) is 58.7 Å². The molecule has 2 saturated heterocycles. The van der Waals surface area contributed by atoms with Crippen molar-refractivity contribution in [2.45, 2.75) is 69.7 Å². The van der Waals surface area contributed by atoms with E-state index in [1.807, 2.05) is 24.5 Å². The minimum absolute atomic E-state index is 0.0646. The number of amidine groups is 1. The third-order valence-electron chi connectivity index (χ3n) is 12.2. The van der Waals surface area contributed by atoms with Crippen LogP contribution < -0.4 is 20.1 Å². The summed E-state index contributed by atoms with van der Waals surface area (Å²) < 4.78 is 41.7. The lowest BCUT2D eigenvalue weighted by atomic mass is 9.56. The average Bonchev–Trinajstić information content (AvgIpc) is 3.19. The minimum Gasteiger partial charge on any atom is -0.453 e. The number of likely N-dealkylation sites (tertiary alicyclic amines) is 1. The number of aromatic nitrogens is 2. The van der Waals surface area contributed by atoms with E-state index >= 15 is 8.78 Å². The molecule has 2 aliphatic heterocycles. The Bertz CT molecular complexity index is 2320. The van der Waals surface area contributed by atoms with Crippen molar-refractivity contribution in [2.75, 3.05) is 50.3 Å². The van der Waals surface area contributed by atoms with Gasteiger partial charge in [0.05, 0.1) is 22.4 Å². The summed E-state index contributed by atoms with van der Waals surface area (Å²) in [6, 6.07) is 13.0. The van der Waals surface area contributed by atoms with Crippen LogP contribution in [0.3, 0.4) is 0 Å². The van der Waals surface area contributed by atoms with E-state index in [2.05, 4.69) is 31.3 Å². The number of urea groups is 1. The van der Waals surface area contributed by atoms with Gasteiger partial charge in [-0.05, 0) is 98.9 Å². The van der Waals surface area contributed by atoms with Gasteiger partial charge in [-0.1, -0.05) is 6.92 Å². The predicted octanol–water partition coefficient (Wildman–Crippen LogP) is 7.71. The van der Waals surface area contributed by atoms with Crippen LogP contribution in [0.4, 0.5) is 25.0 Å². The Morgan fingerprint density at radius 1 is 1.07 bits per heavy atom. The highest BCUT2D eigenvalue weighted by molar-refractivity contribution is 7.98. The highest BCUT2D eigenvalue weighted by Crippen LogP contribution is 2.57. The second-order valence-corrected chi connectivity index (χ2v) is 16.9. The van der Waals surface area contributed by atoms with Gasteiger partial charge in [-0.3, -0.25) is 30.3 Å². The first-order chi connectivity index (χ1) is 28.0. The van der Waals surface area contributed by atoms with Crippen molar-refractivity contribution in [3.63, 3.8) is 0 Å². The number of nitrogens with zero attached hydrogens (tertiary/aromatic N) is 6. The fourth-order valence-electron chi connectivity index (χ4n) is 8.94. The van der Waals surface area contributed by atoms with E-state index < -0.39 is 11.8 Å².